The third-order valence-corrected chi connectivity index (χ3v) is 1.99. The van der Waals surface area contributed by atoms with Crippen LogP contribution in [0.4, 0.5) is 0 Å². The molecule has 1 radical (unpaired) electrons. The lowest BCUT2D eigenvalue weighted by Crippen LogP contribution is -1.75. The number of allylic oxidation sites excluding steroid dienone is 4. The summed E-state index contributed by atoms with van der Waals surface area (Å²) in [5.41, 5.74) is 1.13. The zero-order chi connectivity index (χ0) is 9.94. The Balaban J connectivity index is 3.16. The van der Waals surface area contributed by atoms with E-state index in [1.54, 1.807) is 0 Å². The lowest BCUT2D eigenvalue weighted by atomic mass is 10.1. The summed E-state index contributed by atoms with van der Waals surface area (Å²) in [6, 6.07) is 0. The second-order valence-corrected chi connectivity index (χ2v) is 3.64. The molecule has 0 bridgehead atoms. The van der Waals surface area contributed by atoms with Crippen LogP contribution in [0.5, 0.6) is 0 Å². The standard InChI is InChI=1S/C13H23/c1-4-5-6-7-8-9-10-11-12-13(2)3/h10-12H,2,4-9H2,1,3H3. The van der Waals surface area contributed by atoms with Gasteiger partial charge in [-0.1, -0.05) is 56.4 Å². The minimum atomic E-state index is 1.13. The molecule has 0 saturated carbocycles. The van der Waals surface area contributed by atoms with Crippen LogP contribution in [0.25, 0.3) is 0 Å². The average molecular weight is 179 g/mol. The van der Waals surface area contributed by atoms with Gasteiger partial charge in [0, 0.05) is 0 Å². The molecule has 0 nitrogen and oxygen atoms in total. The summed E-state index contributed by atoms with van der Waals surface area (Å²) in [5, 5.41) is 0. The van der Waals surface area contributed by atoms with Gasteiger partial charge < -0.3 is 0 Å². The molecule has 0 aliphatic carbocycles. The molecule has 0 amide bonds. The van der Waals surface area contributed by atoms with Crippen molar-refractivity contribution in [3.63, 3.8) is 0 Å². The van der Waals surface area contributed by atoms with Crippen LogP contribution in [0, 0.1) is 6.92 Å². The second-order valence-electron chi connectivity index (χ2n) is 3.64. The van der Waals surface area contributed by atoms with Crippen LogP contribution in [-0.4, -0.2) is 0 Å². The monoisotopic (exact) mass is 179 g/mol. The van der Waals surface area contributed by atoms with E-state index in [1.807, 2.05) is 6.92 Å². The molecule has 0 spiro atoms. The summed E-state index contributed by atoms with van der Waals surface area (Å²) in [4.78, 5) is 0. The first kappa shape index (κ1) is 12.5. The van der Waals surface area contributed by atoms with Gasteiger partial charge in [-0.15, -0.1) is 0 Å². The smallest absolute Gasteiger partial charge is 0.0283 e. The molecule has 0 aromatic heterocycles. The Hall–Kier alpha value is -0.520. The summed E-state index contributed by atoms with van der Waals surface area (Å²) in [6.07, 6.45) is 14.5. The first-order valence-electron chi connectivity index (χ1n) is 5.42. The molecule has 0 aliphatic rings. The second kappa shape index (κ2) is 9.57. The van der Waals surface area contributed by atoms with Gasteiger partial charge in [0.15, 0.2) is 0 Å². The number of unbranched alkanes of at least 4 members (excludes halogenated alkanes) is 5. The van der Waals surface area contributed by atoms with Crippen molar-refractivity contribution in [2.24, 2.45) is 0 Å². The van der Waals surface area contributed by atoms with Gasteiger partial charge in [-0.05, 0) is 26.7 Å². The van der Waals surface area contributed by atoms with E-state index < -0.39 is 0 Å². The number of hydrogen-bond acceptors (Lipinski definition) is 0. The Bertz CT molecular complexity index is 147. The molecule has 0 heterocycles. The van der Waals surface area contributed by atoms with Crippen LogP contribution in [-0.2, 0) is 0 Å². The van der Waals surface area contributed by atoms with E-state index in [1.165, 1.54) is 38.5 Å². The molecule has 0 aliphatic heterocycles. The summed E-state index contributed by atoms with van der Waals surface area (Å²) < 4.78 is 0. The van der Waals surface area contributed by atoms with Crippen molar-refractivity contribution in [1.29, 1.82) is 0 Å². The van der Waals surface area contributed by atoms with E-state index in [0.717, 1.165) is 5.57 Å². The SMILES string of the molecule is [CH2]C(C)=CC=CCCCCCCC. The molecule has 0 rings (SSSR count). The molecule has 75 valence electrons. The Morgan fingerprint density at radius 3 is 2.46 bits per heavy atom. The van der Waals surface area contributed by atoms with Crippen LogP contribution >= 0.6 is 0 Å². The summed E-state index contributed by atoms with van der Waals surface area (Å²) in [5.74, 6) is 0. The van der Waals surface area contributed by atoms with Crippen LogP contribution in [0.1, 0.15) is 52.4 Å². The molecule has 0 unspecified atom stereocenters. The molecule has 0 atom stereocenters. The Kier molecular flexibility index (Phi) is 9.18. The van der Waals surface area contributed by atoms with Crippen LogP contribution in [0.3, 0.4) is 0 Å². The van der Waals surface area contributed by atoms with Gasteiger partial charge in [-0.2, -0.15) is 0 Å². The molecule has 0 aromatic carbocycles. The first-order chi connectivity index (χ1) is 6.27. The number of hydrogen-bond donors (Lipinski definition) is 0. The minimum absolute atomic E-state index is 1.13. The third kappa shape index (κ3) is 11.5. The fraction of sp³-hybridized carbons (Fsp3) is 0.615. The van der Waals surface area contributed by atoms with E-state index >= 15 is 0 Å². The fourth-order valence-electron chi connectivity index (χ4n) is 1.19. The number of rotatable bonds is 7. The highest BCUT2D eigenvalue weighted by Crippen LogP contribution is 2.05. The first-order valence-corrected chi connectivity index (χ1v) is 5.42. The van der Waals surface area contributed by atoms with Crippen molar-refractivity contribution in [2.45, 2.75) is 52.4 Å². The third-order valence-electron chi connectivity index (χ3n) is 1.99. The van der Waals surface area contributed by atoms with Gasteiger partial charge in [0.2, 0.25) is 0 Å². The van der Waals surface area contributed by atoms with Gasteiger partial charge in [0.25, 0.3) is 0 Å². The Morgan fingerprint density at radius 2 is 1.85 bits per heavy atom. The maximum atomic E-state index is 3.81. The highest BCUT2D eigenvalue weighted by molar-refractivity contribution is 5.12. The molecular formula is C13H23. The fourth-order valence-corrected chi connectivity index (χ4v) is 1.19. The maximum Gasteiger partial charge on any atom is -0.0283 e. The van der Waals surface area contributed by atoms with Gasteiger partial charge in [0.1, 0.15) is 0 Å². The largest absolute Gasteiger partial charge is 0.0845 e. The molecular weight excluding hydrogens is 156 g/mol. The van der Waals surface area contributed by atoms with E-state index in [0.29, 0.717) is 0 Å². The average Bonchev–Trinajstić information content (AvgIpc) is 2.09. The summed E-state index contributed by atoms with van der Waals surface area (Å²) in [7, 11) is 0. The van der Waals surface area contributed by atoms with Crippen molar-refractivity contribution in [3.05, 3.63) is 30.7 Å². The van der Waals surface area contributed by atoms with Crippen LogP contribution in [0.15, 0.2) is 23.8 Å². The van der Waals surface area contributed by atoms with Crippen molar-refractivity contribution >= 4 is 0 Å². The van der Waals surface area contributed by atoms with Crippen LogP contribution in [0.2, 0.25) is 0 Å². The maximum absolute atomic E-state index is 3.81. The van der Waals surface area contributed by atoms with Gasteiger partial charge in [-0.25, -0.2) is 0 Å². The van der Waals surface area contributed by atoms with E-state index in [9.17, 15) is 0 Å². The Labute approximate surface area is 83.7 Å². The summed E-state index contributed by atoms with van der Waals surface area (Å²) in [6.45, 7) is 8.08. The lowest BCUT2D eigenvalue weighted by Gasteiger charge is -1.95. The van der Waals surface area contributed by atoms with Gasteiger partial charge in [-0.3, -0.25) is 0 Å². The van der Waals surface area contributed by atoms with Crippen molar-refractivity contribution < 1.29 is 0 Å². The van der Waals surface area contributed by atoms with Crippen LogP contribution < -0.4 is 0 Å². The molecule has 0 fully saturated rings. The van der Waals surface area contributed by atoms with Crippen molar-refractivity contribution in [2.75, 3.05) is 0 Å². The Morgan fingerprint density at radius 1 is 1.15 bits per heavy atom. The molecule has 0 heteroatoms. The van der Waals surface area contributed by atoms with Gasteiger partial charge in [0.05, 0.1) is 0 Å². The van der Waals surface area contributed by atoms with E-state index in [-0.39, 0.29) is 0 Å². The normalized spacial score (nSPS) is 12.7. The predicted octanol–water partition coefficient (Wildman–Crippen LogP) is 4.68. The zero-order valence-corrected chi connectivity index (χ0v) is 9.18. The summed E-state index contributed by atoms with van der Waals surface area (Å²) >= 11 is 0. The highest BCUT2D eigenvalue weighted by Gasteiger charge is 1.85. The predicted molar refractivity (Wildman–Crippen MR) is 61.6 cm³/mol. The van der Waals surface area contributed by atoms with Gasteiger partial charge >= 0.3 is 0 Å². The molecule has 0 aromatic rings. The molecule has 13 heavy (non-hydrogen) atoms. The highest BCUT2D eigenvalue weighted by atomic mass is 13.9. The lowest BCUT2D eigenvalue weighted by molar-refractivity contribution is 0.637. The van der Waals surface area contributed by atoms with E-state index in [2.05, 4.69) is 32.1 Å². The molecule has 0 N–H and O–H groups in total. The molecule has 0 saturated heterocycles. The van der Waals surface area contributed by atoms with E-state index in [4.69, 9.17) is 0 Å². The zero-order valence-electron chi connectivity index (χ0n) is 9.18. The van der Waals surface area contributed by atoms with Crippen molar-refractivity contribution in [3.8, 4) is 0 Å². The van der Waals surface area contributed by atoms with Crippen molar-refractivity contribution in [1.82, 2.24) is 0 Å². The minimum Gasteiger partial charge on any atom is -0.0845 e. The topological polar surface area (TPSA) is 0 Å². The quantitative estimate of drug-likeness (QED) is 0.393.